The molecule has 0 saturated heterocycles. The van der Waals surface area contributed by atoms with Crippen LogP contribution in [0.1, 0.15) is 39.7 Å². The molecule has 1 N–H and O–H groups in total. The molecule has 0 saturated carbocycles. The van der Waals surface area contributed by atoms with E-state index >= 15 is 0 Å². The van der Waals surface area contributed by atoms with E-state index in [1.165, 1.54) is 6.07 Å². The van der Waals surface area contributed by atoms with Crippen molar-refractivity contribution in [3.8, 4) is 0 Å². The van der Waals surface area contributed by atoms with Gasteiger partial charge in [0.1, 0.15) is 5.82 Å². The van der Waals surface area contributed by atoms with Crippen LogP contribution in [0.15, 0.2) is 18.2 Å². The minimum Gasteiger partial charge on any atom is -0.374 e. The monoisotopic (exact) mass is 266 g/mol. The van der Waals surface area contributed by atoms with E-state index in [2.05, 4.69) is 37.9 Å². The zero-order valence-corrected chi connectivity index (χ0v) is 12.9. The fourth-order valence-electron chi connectivity index (χ4n) is 2.27. The van der Waals surface area contributed by atoms with Gasteiger partial charge in [0.2, 0.25) is 0 Å². The molecule has 1 aromatic rings. The molecule has 0 fully saturated rings. The highest BCUT2D eigenvalue weighted by molar-refractivity contribution is 5.53. The Labute approximate surface area is 117 Å². The van der Waals surface area contributed by atoms with E-state index in [0.717, 1.165) is 30.8 Å². The second-order valence-corrected chi connectivity index (χ2v) is 6.33. The minimum atomic E-state index is -0.123. The molecule has 0 heterocycles. The molecule has 1 rings (SSSR count). The van der Waals surface area contributed by atoms with Crippen LogP contribution >= 0.6 is 0 Å². The minimum absolute atomic E-state index is 0.123. The molecule has 0 unspecified atom stereocenters. The zero-order valence-electron chi connectivity index (χ0n) is 12.9. The van der Waals surface area contributed by atoms with Crippen LogP contribution in [-0.2, 0) is 6.54 Å². The maximum atomic E-state index is 14.0. The van der Waals surface area contributed by atoms with E-state index in [1.807, 2.05) is 13.1 Å². The zero-order chi connectivity index (χ0) is 14.5. The predicted octanol–water partition coefficient (Wildman–Crippen LogP) is 3.81. The van der Waals surface area contributed by atoms with Crippen LogP contribution in [0, 0.1) is 11.2 Å². The molecule has 0 aromatic heterocycles. The van der Waals surface area contributed by atoms with Crippen molar-refractivity contribution in [1.82, 2.24) is 5.32 Å². The first kappa shape index (κ1) is 16.0. The molecular weight excluding hydrogens is 239 g/mol. The summed E-state index contributed by atoms with van der Waals surface area (Å²) in [6, 6.07) is 5.32. The molecule has 19 heavy (non-hydrogen) atoms. The largest absolute Gasteiger partial charge is 0.374 e. The van der Waals surface area contributed by atoms with Gasteiger partial charge in [-0.2, -0.15) is 0 Å². The SMILES string of the molecule is CCCNCc1c(F)cccc1N(C)CC(C)(C)C. The van der Waals surface area contributed by atoms with Gasteiger partial charge in [-0.3, -0.25) is 0 Å². The molecule has 0 radical (unpaired) electrons. The highest BCUT2D eigenvalue weighted by Gasteiger charge is 2.17. The third kappa shape index (κ3) is 5.19. The average Bonchev–Trinajstić information content (AvgIpc) is 2.29. The van der Waals surface area contributed by atoms with E-state index in [9.17, 15) is 4.39 Å². The van der Waals surface area contributed by atoms with Gasteiger partial charge in [-0.1, -0.05) is 33.8 Å². The Kier molecular flexibility index (Phi) is 5.80. The van der Waals surface area contributed by atoms with E-state index in [-0.39, 0.29) is 11.2 Å². The second kappa shape index (κ2) is 6.90. The summed E-state index contributed by atoms with van der Waals surface area (Å²) < 4.78 is 14.0. The Morgan fingerprint density at radius 1 is 1.26 bits per heavy atom. The molecule has 0 spiro atoms. The maximum Gasteiger partial charge on any atom is 0.129 e. The Balaban J connectivity index is 2.89. The van der Waals surface area contributed by atoms with Gasteiger partial charge in [-0.15, -0.1) is 0 Å². The molecule has 0 atom stereocenters. The van der Waals surface area contributed by atoms with Crippen molar-refractivity contribution in [3.63, 3.8) is 0 Å². The summed E-state index contributed by atoms with van der Waals surface area (Å²) in [5.74, 6) is -0.123. The van der Waals surface area contributed by atoms with E-state index in [0.29, 0.717) is 6.54 Å². The summed E-state index contributed by atoms with van der Waals surface area (Å²) >= 11 is 0. The number of hydrogen-bond donors (Lipinski definition) is 1. The van der Waals surface area contributed by atoms with Gasteiger partial charge in [0.15, 0.2) is 0 Å². The van der Waals surface area contributed by atoms with Crippen molar-refractivity contribution in [2.45, 2.75) is 40.7 Å². The number of nitrogens with one attached hydrogen (secondary N) is 1. The Morgan fingerprint density at radius 3 is 2.53 bits per heavy atom. The third-order valence-corrected chi connectivity index (χ3v) is 2.95. The van der Waals surface area contributed by atoms with Crippen LogP contribution in [0.5, 0.6) is 0 Å². The fourth-order valence-corrected chi connectivity index (χ4v) is 2.27. The summed E-state index contributed by atoms with van der Waals surface area (Å²) in [4.78, 5) is 2.14. The quantitative estimate of drug-likeness (QED) is 0.788. The normalized spacial score (nSPS) is 11.7. The molecule has 0 amide bonds. The van der Waals surface area contributed by atoms with Gasteiger partial charge in [-0.05, 0) is 30.5 Å². The van der Waals surface area contributed by atoms with Gasteiger partial charge < -0.3 is 10.2 Å². The number of rotatable bonds is 6. The van der Waals surface area contributed by atoms with Crippen LogP contribution in [-0.4, -0.2) is 20.1 Å². The van der Waals surface area contributed by atoms with Crippen LogP contribution in [0.3, 0.4) is 0 Å². The average molecular weight is 266 g/mol. The molecule has 0 bridgehead atoms. The molecular formula is C16H27FN2. The smallest absolute Gasteiger partial charge is 0.129 e. The number of nitrogens with zero attached hydrogens (tertiary/aromatic N) is 1. The van der Waals surface area contributed by atoms with Crippen molar-refractivity contribution < 1.29 is 4.39 Å². The van der Waals surface area contributed by atoms with E-state index in [1.54, 1.807) is 6.07 Å². The van der Waals surface area contributed by atoms with Crippen molar-refractivity contribution >= 4 is 5.69 Å². The summed E-state index contributed by atoms with van der Waals surface area (Å²) in [5.41, 5.74) is 1.94. The third-order valence-electron chi connectivity index (χ3n) is 2.95. The second-order valence-electron chi connectivity index (χ2n) is 6.33. The van der Waals surface area contributed by atoms with E-state index < -0.39 is 0 Å². The van der Waals surface area contributed by atoms with Crippen LogP contribution in [0.25, 0.3) is 0 Å². The first-order valence-electron chi connectivity index (χ1n) is 7.04. The lowest BCUT2D eigenvalue weighted by Gasteiger charge is -2.30. The predicted molar refractivity (Wildman–Crippen MR) is 81.1 cm³/mol. The summed E-state index contributed by atoms with van der Waals surface area (Å²) in [5, 5.41) is 3.28. The Morgan fingerprint density at radius 2 is 1.95 bits per heavy atom. The topological polar surface area (TPSA) is 15.3 Å². The Bertz CT molecular complexity index is 396. The highest BCUT2D eigenvalue weighted by atomic mass is 19.1. The highest BCUT2D eigenvalue weighted by Crippen LogP contribution is 2.25. The first-order chi connectivity index (χ1) is 8.85. The first-order valence-corrected chi connectivity index (χ1v) is 7.04. The molecule has 2 nitrogen and oxygen atoms in total. The summed E-state index contributed by atoms with van der Waals surface area (Å²) in [6.45, 7) is 11.1. The van der Waals surface area contributed by atoms with Crippen molar-refractivity contribution in [2.75, 3.05) is 25.0 Å². The van der Waals surface area contributed by atoms with Crippen LogP contribution in [0.4, 0.5) is 10.1 Å². The van der Waals surface area contributed by atoms with Gasteiger partial charge in [0, 0.05) is 31.4 Å². The fraction of sp³-hybridized carbons (Fsp3) is 0.625. The molecule has 108 valence electrons. The molecule has 1 aromatic carbocycles. The van der Waals surface area contributed by atoms with Gasteiger partial charge in [-0.25, -0.2) is 4.39 Å². The van der Waals surface area contributed by atoms with Gasteiger partial charge in [0.05, 0.1) is 0 Å². The van der Waals surface area contributed by atoms with Crippen molar-refractivity contribution in [3.05, 3.63) is 29.6 Å². The number of halogens is 1. The summed E-state index contributed by atoms with van der Waals surface area (Å²) in [7, 11) is 2.03. The van der Waals surface area contributed by atoms with Crippen LogP contribution < -0.4 is 10.2 Å². The van der Waals surface area contributed by atoms with Crippen molar-refractivity contribution in [2.24, 2.45) is 5.41 Å². The summed E-state index contributed by atoms with van der Waals surface area (Å²) in [6.07, 6.45) is 1.06. The Hall–Kier alpha value is -1.09. The lowest BCUT2D eigenvalue weighted by Crippen LogP contribution is -2.30. The number of anilines is 1. The molecule has 3 heteroatoms. The molecule has 0 aliphatic heterocycles. The van der Waals surface area contributed by atoms with Crippen molar-refractivity contribution in [1.29, 1.82) is 0 Å². The lowest BCUT2D eigenvalue weighted by atomic mass is 9.95. The number of benzene rings is 1. The van der Waals surface area contributed by atoms with Gasteiger partial charge >= 0.3 is 0 Å². The lowest BCUT2D eigenvalue weighted by molar-refractivity contribution is 0.418. The molecule has 0 aliphatic carbocycles. The number of hydrogen-bond acceptors (Lipinski definition) is 2. The van der Waals surface area contributed by atoms with Gasteiger partial charge in [0.25, 0.3) is 0 Å². The molecule has 0 aliphatic rings. The van der Waals surface area contributed by atoms with E-state index in [4.69, 9.17) is 0 Å². The maximum absolute atomic E-state index is 14.0. The standard InChI is InChI=1S/C16H27FN2/c1-6-10-18-11-13-14(17)8-7-9-15(13)19(5)12-16(2,3)4/h7-9,18H,6,10-12H2,1-5H3. The van der Waals surface area contributed by atoms with Crippen LogP contribution in [0.2, 0.25) is 0 Å².